The van der Waals surface area contributed by atoms with Gasteiger partial charge in [0.25, 0.3) is 0 Å². The number of aliphatic hydroxyl groups is 1. The lowest BCUT2D eigenvalue weighted by Gasteiger charge is -2.36. The van der Waals surface area contributed by atoms with E-state index < -0.39 is 8.32 Å². The van der Waals surface area contributed by atoms with E-state index in [0.717, 1.165) is 13.0 Å². The van der Waals surface area contributed by atoms with Crippen molar-refractivity contribution >= 4 is 8.32 Å². The summed E-state index contributed by atoms with van der Waals surface area (Å²) in [5, 5.41) is 8.82. The molecule has 0 saturated heterocycles. The molecule has 0 bridgehead atoms. The molecule has 14 heavy (non-hydrogen) atoms. The Morgan fingerprint density at radius 3 is 2.21 bits per heavy atom. The Hall–Kier alpha value is -0.123. The average molecular weight is 216 g/mol. The van der Waals surface area contributed by atoms with Crippen LogP contribution in [0.25, 0.3) is 0 Å². The van der Waals surface area contributed by atoms with E-state index in [1.54, 1.807) is 6.08 Å². The second kappa shape index (κ2) is 5.68. The van der Waals surface area contributed by atoms with Gasteiger partial charge in [-0.1, -0.05) is 32.9 Å². The van der Waals surface area contributed by atoms with Crippen molar-refractivity contribution in [2.75, 3.05) is 13.2 Å². The fourth-order valence-electron chi connectivity index (χ4n) is 0.791. The lowest BCUT2D eigenvalue weighted by molar-refractivity contribution is 0.293. The van der Waals surface area contributed by atoms with Crippen LogP contribution >= 0.6 is 0 Å². The van der Waals surface area contributed by atoms with E-state index in [1.165, 1.54) is 0 Å². The monoisotopic (exact) mass is 216 g/mol. The van der Waals surface area contributed by atoms with Gasteiger partial charge in [0, 0.05) is 6.61 Å². The Morgan fingerprint density at radius 2 is 1.79 bits per heavy atom. The zero-order chi connectivity index (χ0) is 11.2. The van der Waals surface area contributed by atoms with Gasteiger partial charge in [0.1, 0.15) is 0 Å². The van der Waals surface area contributed by atoms with Gasteiger partial charge in [0.2, 0.25) is 0 Å². The molecule has 0 aromatic heterocycles. The van der Waals surface area contributed by atoms with Crippen LogP contribution in [0.2, 0.25) is 18.1 Å². The maximum Gasteiger partial charge on any atom is 0.191 e. The summed E-state index contributed by atoms with van der Waals surface area (Å²) in [5.41, 5.74) is 0. The molecule has 3 heteroatoms. The van der Waals surface area contributed by atoms with Crippen molar-refractivity contribution in [3.63, 3.8) is 0 Å². The molecule has 1 N–H and O–H groups in total. The number of hydrogen-bond donors (Lipinski definition) is 1. The molecule has 0 spiro atoms. The number of hydrogen-bond acceptors (Lipinski definition) is 2. The van der Waals surface area contributed by atoms with Gasteiger partial charge in [-0.05, 0) is 24.6 Å². The SMILES string of the molecule is CC(C)(C)[Si](C)(C)OCCC=CCO. The highest BCUT2D eigenvalue weighted by atomic mass is 28.4. The van der Waals surface area contributed by atoms with Crippen LogP contribution in [0.3, 0.4) is 0 Å². The van der Waals surface area contributed by atoms with Gasteiger partial charge in [-0.15, -0.1) is 0 Å². The second-order valence-corrected chi connectivity index (χ2v) is 9.86. The maximum absolute atomic E-state index is 8.54. The third-order valence-corrected chi connectivity index (χ3v) is 7.36. The smallest absolute Gasteiger partial charge is 0.191 e. The first-order valence-corrected chi connectivity index (χ1v) is 8.12. The highest BCUT2D eigenvalue weighted by Crippen LogP contribution is 2.36. The Bertz CT molecular complexity index is 180. The number of rotatable bonds is 5. The van der Waals surface area contributed by atoms with Crippen LogP contribution in [-0.2, 0) is 4.43 Å². The van der Waals surface area contributed by atoms with Gasteiger partial charge in [-0.2, -0.15) is 0 Å². The number of aliphatic hydroxyl groups excluding tert-OH is 1. The van der Waals surface area contributed by atoms with E-state index in [9.17, 15) is 0 Å². The predicted molar refractivity (Wildman–Crippen MR) is 64.0 cm³/mol. The predicted octanol–water partition coefficient (Wildman–Crippen LogP) is 2.95. The molecule has 0 aromatic rings. The lowest BCUT2D eigenvalue weighted by atomic mass is 10.2. The summed E-state index contributed by atoms with van der Waals surface area (Å²) in [6.45, 7) is 12.1. The van der Waals surface area contributed by atoms with Gasteiger partial charge in [-0.3, -0.25) is 0 Å². The Balaban J connectivity index is 3.83. The summed E-state index contributed by atoms with van der Waals surface area (Å²) in [6.07, 6.45) is 4.62. The van der Waals surface area contributed by atoms with Crippen molar-refractivity contribution in [1.29, 1.82) is 0 Å². The highest BCUT2D eigenvalue weighted by molar-refractivity contribution is 6.74. The first-order valence-electron chi connectivity index (χ1n) is 5.21. The minimum Gasteiger partial charge on any atom is -0.417 e. The van der Waals surface area contributed by atoms with Crippen LogP contribution in [0.15, 0.2) is 12.2 Å². The Morgan fingerprint density at radius 1 is 1.21 bits per heavy atom. The van der Waals surface area contributed by atoms with E-state index in [0.29, 0.717) is 0 Å². The fraction of sp³-hybridized carbons (Fsp3) is 0.818. The second-order valence-electron chi connectivity index (χ2n) is 5.05. The molecule has 0 aliphatic carbocycles. The van der Waals surface area contributed by atoms with E-state index in [2.05, 4.69) is 33.9 Å². The molecule has 0 heterocycles. The minimum absolute atomic E-state index is 0.125. The molecule has 0 aliphatic heterocycles. The summed E-state index contributed by atoms with van der Waals surface area (Å²) in [7, 11) is -1.56. The van der Waals surface area contributed by atoms with Crippen LogP contribution in [0, 0.1) is 0 Å². The Kier molecular flexibility index (Phi) is 5.63. The standard InChI is InChI=1S/C11H24O2Si/c1-11(2,3)14(4,5)13-10-8-6-7-9-12/h6-7,12H,8-10H2,1-5H3. The molecular weight excluding hydrogens is 192 g/mol. The van der Waals surface area contributed by atoms with Gasteiger partial charge in [-0.25, -0.2) is 0 Å². The molecule has 0 fully saturated rings. The van der Waals surface area contributed by atoms with Crippen molar-refractivity contribution in [2.45, 2.75) is 45.3 Å². The van der Waals surface area contributed by atoms with E-state index >= 15 is 0 Å². The van der Waals surface area contributed by atoms with Gasteiger partial charge in [0.05, 0.1) is 6.61 Å². The molecule has 84 valence electrons. The maximum atomic E-state index is 8.54. The van der Waals surface area contributed by atoms with Crippen LogP contribution in [-0.4, -0.2) is 26.6 Å². The van der Waals surface area contributed by atoms with Crippen molar-refractivity contribution in [3.05, 3.63) is 12.2 Å². The van der Waals surface area contributed by atoms with Gasteiger partial charge in [0.15, 0.2) is 8.32 Å². The van der Waals surface area contributed by atoms with Gasteiger partial charge < -0.3 is 9.53 Å². The molecule has 0 aromatic carbocycles. The largest absolute Gasteiger partial charge is 0.417 e. The van der Waals surface area contributed by atoms with Crippen molar-refractivity contribution in [2.24, 2.45) is 0 Å². The summed E-state index contributed by atoms with van der Waals surface area (Å²) < 4.78 is 5.95. The first kappa shape index (κ1) is 13.9. The first-order chi connectivity index (χ1) is 6.31. The summed E-state index contributed by atoms with van der Waals surface area (Å²) >= 11 is 0. The summed E-state index contributed by atoms with van der Waals surface area (Å²) in [4.78, 5) is 0. The lowest BCUT2D eigenvalue weighted by Crippen LogP contribution is -2.40. The summed E-state index contributed by atoms with van der Waals surface area (Å²) in [6, 6.07) is 0. The van der Waals surface area contributed by atoms with Crippen molar-refractivity contribution in [3.8, 4) is 0 Å². The van der Waals surface area contributed by atoms with E-state index in [1.807, 2.05) is 6.08 Å². The van der Waals surface area contributed by atoms with Crippen LogP contribution in [0.5, 0.6) is 0 Å². The average Bonchev–Trinajstić information content (AvgIpc) is 2.02. The highest BCUT2D eigenvalue weighted by Gasteiger charge is 2.36. The Labute approximate surface area is 89.1 Å². The third-order valence-electron chi connectivity index (χ3n) is 2.83. The van der Waals surface area contributed by atoms with Crippen LogP contribution in [0.4, 0.5) is 0 Å². The molecule has 0 saturated carbocycles. The molecular formula is C11H24O2Si. The zero-order valence-corrected chi connectivity index (χ0v) is 11.1. The molecule has 0 rings (SSSR count). The zero-order valence-electron chi connectivity index (χ0n) is 10.1. The van der Waals surface area contributed by atoms with Crippen LogP contribution < -0.4 is 0 Å². The third kappa shape index (κ3) is 4.93. The molecule has 0 amide bonds. The minimum atomic E-state index is -1.56. The van der Waals surface area contributed by atoms with Crippen molar-refractivity contribution in [1.82, 2.24) is 0 Å². The topological polar surface area (TPSA) is 29.5 Å². The molecule has 2 nitrogen and oxygen atoms in total. The quantitative estimate of drug-likeness (QED) is 0.435. The van der Waals surface area contributed by atoms with Crippen LogP contribution in [0.1, 0.15) is 27.2 Å². The molecule has 0 unspecified atom stereocenters. The molecule has 0 aliphatic rings. The summed E-state index contributed by atoms with van der Waals surface area (Å²) in [5.74, 6) is 0. The van der Waals surface area contributed by atoms with E-state index in [4.69, 9.17) is 9.53 Å². The van der Waals surface area contributed by atoms with Gasteiger partial charge >= 0.3 is 0 Å². The normalized spacial score (nSPS) is 13.9. The fourth-order valence-corrected chi connectivity index (χ4v) is 1.85. The van der Waals surface area contributed by atoms with E-state index in [-0.39, 0.29) is 11.6 Å². The molecule has 0 atom stereocenters. The molecule has 0 radical (unpaired) electrons. The van der Waals surface area contributed by atoms with Crippen molar-refractivity contribution < 1.29 is 9.53 Å².